The lowest BCUT2D eigenvalue weighted by molar-refractivity contribution is 0.144. The average molecular weight is 990 g/mol. The molecule has 18 nitrogen and oxygen atoms in total. The minimum atomic E-state index is -4.61. The Balaban J connectivity index is 1.28. The van der Waals surface area contributed by atoms with E-state index in [1.54, 1.807) is 30.3 Å². The lowest BCUT2D eigenvalue weighted by Gasteiger charge is -2.18. The van der Waals surface area contributed by atoms with Crippen LogP contribution in [0.1, 0.15) is 103 Å². The number of aromatic nitrogens is 2. The second kappa shape index (κ2) is 26.8. The molecule has 0 saturated heterocycles. The van der Waals surface area contributed by atoms with Gasteiger partial charge in [0, 0.05) is 19.2 Å². The number of sulfonamides is 2. The Kier molecular flexibility index (Phi) is 20.8. The molecule has 0 bridgehead atoms. The van der Waals surface area contributed by atoms with Crippen molar-refractivity contribution in [3.63, 3.8) is 0 Å². The van der Waals surface area contributed by atoms with Crippen molar-refractivity contribution in [2.45, 2.75) is 107 Å². The Morgan fingerprint density at radius 2 is 1.29 bits per heavy atom. The van der Waals surface area contributed by atoms with Crippen LogP contribution in [0.15, 0.2) is 104 Å². The molecule has 0 spiro atoms. The number of para-hydroxylation sites is 1. The number of H-pyrrole nitrogens is 1. The van der Waals surface area contributed by atoms with Gasteiger partial charge in [0.15, 0.2) is 22.9 Å². The number of aromatic hydroxyl groups is 1. The van der Waals surface area contributed by atoms with Crippen LogP contribution in [0, 0.1) is 11.3 Å². The number of anilines is 2. The van der Waals surface area contributed by atoms with Gasteiger partial charge in [-0.15, -0.1) is 10.2 Å². The van der Waals surface area contributed by atoms with Crippen LogP contribution in [-0.2, 0) is 24.8 Å². The molecule has 0 aliphatic rings. The Bertz CT molecular complexity index is 2790. The van der Waals surface area contributed by atoms with Crippen molar-refractivity contribution >= 4 is 42.8 Å². The molecule has 0 fully saturated rings. The van der Waals surface area contributed by atoms with E-state index in [4.69, 9.17) is 23.7 Å². The highest BCUT2D eigenvalue weighted by Gasteiger charge is 2.26. The SMILES string of the molecule is CCCCCCCCCCCCCCCCOc1cc(NS(=O)(=O)c2cc(NS(=O)(=O)c3ccc(OC)c(/N=N\c4c(C#N)[nH]n(-c5ccccc5)c4=O)c3)ccc2OCCOC)c(O)cc1OC. The summed E-state index contributed by atoms with van der Waals surface area (Å²) in [6, 6.07) is 20.3. The molecule has 0 unspecified atom stereocenters. The molecule has 4 N–H and O–H groups in total. The molecule has 0 saturated carbocycles. The first-order valence-corrected chi connectivity index (χ1v) is 26.1. The molecule has 0 atom stereocenters. The number of unbranched alkanes of at least 4 members (excludes halogenated alkanes) is 13. The lowest BCUT2D eigenvalue weighted by Crippen LogP contribution is -2.17. The number of hydrogen-bond donors (Lipinski definition) is 4. The fourth-order valence-corrected chi connectivity index (χ4v) is 9.61. The van der Waals surface area contributed by atoms with Crippen molar-refractivity contribution in [1.82, 2.24) is 9.78 Å². The topological polar surface area (TPSA) is 245 Å². The van der Waals surface area contributed by atoms with Crippen molar-refractivity contribution in [2.75, 3.05) is 50.6 Å². The Morgan fingerprint density at radius 1 is 0.667 bits per heavy atom. The quantitative estimate of drug-likeness (QED) is 0.0184. The van der Waals surface area contributed by atoms with Gasteiger partial charge in [-0.1, -0.05) is 109 Å². The maximum absolute atomic E-state index is 14.2. The number of rotatable bonds is 31. The summed E-state index contributed by atoms with van der Waals surface area (Å²) < 4.78 is 89.6. The fourth-order valence-electron chi connectivity index (χ4n) is 7.31. The molecule has 1 aromatic heterocycles. The van der Waals surface area contributed by atoms with Crippen LogP contribution >= 0.6 is 0 Å². The summed E-state index contributed by atoms with van der Waals surface area (Å²) in [6.07, 6.45) is 17.0. The standard InChI is InChI=1S/C49H63N7O11S2/c1-5-6-7-8-9-10-11-12-13-14-15-16-17-21-28-66-46-33-39(42(57)34-45(46)65-4)55-69(61,62)47-31-36(24-26-44(47)67-30-29-63-2)54-68(59,60)38-25-27-43(64-3)40(32-38)51-52-48-41(35-50)53-56(49(48)58)37-22-19-18-20-23-37/h18-20,22-27,31-34,53-55,57H,5-17,21,28-30H2,1-4H3/b52-51-. The highest BCUT2D eigenvalue weighted by Crippen LogP contribution is 2.40. The highest BCUT2D eigenvalue weighted by molar-refractivity contribution is 7.93. The molecule has 5 rings (SSSR count). The van der Waals surface area contributed by atoms with Gasteiger partial charge in [-0.05, 0) is 55.0 Å². The van der Waals surface area contributed by atoms with Crippen LogP contribution < -0.4 is 34.0 Å². The van der Waals surface area contributed by atoms with E-state index in [1.807, 2.05) is 6.07 Å². The van der Waals surface area contributed by atoms with Crippen LogP contribution in [0.25, 0.3) is 5.69 Å². The molecule has 372 valence electrons. The number of nitrogens with one attached hydrogen (secondary N) is 3. The predicted octanol–water partition coefficient (Wildman–Crippen LogP) is 10.7. The van der Waals surface area contributed by atoms with E-state index in [2.05, 4.69) is 31.7 Å². The number of azo groups is 1. The summed E-state index contributed by atoms with van der Waals surface area (Å²) in [6.45, 7) is 2.65. The van der Waals surface area contributed by atoms with Gasteiger partial charge in [0.05, 0.1) is 49.4 Å². The van der Waals surface area contributed by atoms with Crippen LogP contribution in [0.2, 0.25) is 0 Å². The second-order valence-corrected chi connectivity index (χ2v) is 19.5. The monoisotopic (exact) mass is 989 g/mol. The molecule has 0 aliphatic carbocycles. The van der Waals surface area contributed by atoms with Crippen LogP contribution in [0.3, 0.4) is 0 Å². The third-order valence-corrected chi connectivity index (χ3v) is 13.8. The molecule has 4 aromatic carbocycles. The molecule has 20 heteroatoms. The number of phenolic OH excluding ortho intramolecular Hbond substituents is 1. The molecular weight excluding hydrogens is 927 g/mol. The molecular formula is C49H63N7O11S2. The molecule has 69 heavy (non-hydrogen) atoms. The van der Waals surface area contributed by atoms with Crippen molar-refractivity contribution in [3.8, 4) is 40.5 Å². The zero-order valence-electron chi connectivity index (χ0n) is 39.7. The van der Waals surface area contributed by atoms with Crippen molar-refractivity contribution in [2.24, 2.45) is 10.2 Å². The molecule has 0 radical (unpaired) electrons. The van der Waals surface area contributed by atoms with Gasteiger partial charge in [0.2, 0.25) is 0 Å². The normalized spacial score (nSPS) is 11.6. The van der Waals surface area contributed by atoms with E-state index in [9.17, 15) is 32.0 Å². The summed E-state index contributed by atoms with van der Waals surface area (Å²) in [5, 5.41) is 31.4. The van der Waals surface area contributed by atoms with Crippen LogP contribution in [-0.4, -0.2) is 72.9 Å². The van der Waals surface area contributed by atoms with Gasteiger partial charge in [-0.3, -0.25) is 19.3 Å². The van der Waals surface area contributed by atoms with E-state index in [1.165, 1.54) is 122 Å². The number of ether oxygens (including phenoxy) is 5. The van der Waals surface area contributed by atoms with E-state index in [0.29, 0.717) is 12.3 Å². The Morgan fingerprint density at radius 3 is 1.91 bits per heavy atom. The van der Waals surface area contributed by atoms with Crippen molar-refractivity contribution < 1.29 is 45.6 Å². The summed E-state index contributed by atoms with van der Waals surface area (Å²) in [7, 11) is -4.91. The number of hydrogen-bond acceptors (Lipinski definition) is 14. The van der Waals surface area contributed by atoms with Gasteiger partial charge >= 0.3 is 0 Å². The van der Waals surface area contributed by atoms with Crippen molar-refractivity contribution in [1.29, 1.82) is 5.26 Å². The fraction of sp³-hybridized carbons (Fsp3) is 0.429. The van der Waals surface area contributed by atoms with Gasteiger partial charge in [0.25, 0.3) is 25.6 Å². The van der Waals surface area contributed by atoms with Crippen LogP contribution in [0.5, 0.6) is 28.7 Å². The minimum Gasteiger partial charge on any atom is -0.506 e. The Hall–Kier alpha value is -6.56. The van der Waals surface area contributed by atoms with E-state index in [0.717, 1.165) is 42.5 Å². The maximum Gasteiger partial charge on any atom is 0.300 e. The summed E-state index contributed by atoms with van der Waals surface area (Å²) in [4.78, 5) is 12.4. The number of methoxy groups -OCH3 is 3. The number of aromatic amines is 1. The van der Waals surface area contributed by atoms with Crippen LogP contribution in [0.4, 0.5) is 22.7 Å². The van der Waals surface area contributed by atoms with E-state index >= 15 is 0 Å². The van der Waals surface area contributed by atoms with E-state index < -0.39 is 36.3 Å². The smallest absolute Gasteiger partial charge is 0.300 e. The highest BCUT2D eigenvalue weighted by atomic mass is 32.2. The zero-order chi connectivity index (χ0) is 49.7. The number of benzene rings is 4. The third kappa shape index (κ3) is 15.5. The lowest BCUT2D eigenvalue weighted by atomic mass is 10.0. The van der Waals surface area contributed by atoms with Gasteiger partial charge in [-0.2, -0.15) is 5.26 Å². The summed E-state index contributed by atoms with van der Waals surface area (Å²) in [5.41, 5.74) is -1.23. The maximum atomic E-state index is 14.2. The summed E-state index contributed by atoms with van der Waals surface area (Å²) >= 11 is 0. The largest absolute Gasteiger partial charge is 0.506 e. The molecule has 5 aromatic rings. The first-order chi connectivity index (χ1) is 33.3. The predicted molar refractivity (Wildman–Crippen MR) is 264 cm³/mol. The molecule has 0 aliphatic heterocycles. The first kappa shape index (κ1) is 53.4. The first-order valence-electron chi connectivity index (χ1n) is 23.1. The Labute approximate surface area is 404 Å². The molecule has 1 heterocycles. The average Bonchev–Trinajstić information content (AvgIpc) is 3.67. The molecule has 0 amide bonds. The van der Waals surface area contributed by atoms with Gasteiger partial charge < -0.3 is 28.8 Å². The van der Waals surface area contributed by atoms with Gasteiger partial charge in [0.1, 0.15) is 40.5 Å². The van der Waals surface area contributed by atoms with Gasteiger partial charge in [-0.25, -0.2) is 21.5 Å². The summed E-state index contributed by atoms with van der Waals surface area (Å²) in [5.74, 6) is -0.0801. The van der Waals surface area contributed by atoms with E-state index in [-0.39, 0.29) is 69.6 Å². The number of phenols is 1. The second-order valence-electron chi connectivity index (χ2n) is 16.1. The third-order valence-electron chi connectivity index (χ3n) is 11.0. The zero-order valence-corrected chi connectivity index (χ0v) is 41.3. The number of nitrogens with zero attached hydrogens (tertiary/aromatic N) is 4. The minimum absolute atomic E-state index is 0.0446. The number of nitriles is 1. The van der Waals surface area contributed by atoms with Crippen molar-refractivity contribution in [3.05, 3.63) is 94.9 Å².